The third kappa shape index (κ3) is 3.61. The van der Waals surface area contributed by atoms with E-state index >= 15 is 0 Å². The van der Waals surface area contributed by atoms with Crippen LogP contribution in [0.4, 0.5) is 0 Å². The Morgan fingerprint density at radius 3 is 2.79 bits per heavy atom. The van der Waals surface area contributed by atoms with Crippen molar-refractivity contribution in [3.63, 3.8) is 0 Å². The number of hydrogen-bond donors (Lipinski definition) is 1. The van der Waals surface area contributed by atoms with Crippen molar-refractivity contribution in [3.8, 4) is 17.0 Å². The van der Waals surface area contributed by atoms with Crippen molar-refractivity contribution in [2.24, 2.45) is 13.0 Å². The zero-order valence-electron chi connectivity index (χ0n) is 14.4. The Hall–Kier alpha value is -2.30. The number of benzene rings is 1. The molecular formula is C19H25N3O2. The summed E-state index contributed by atoms with van der Waals surface area (Å²) in [4.78, 5) is 12.5. The van der Waals surface area contributed by atoms with E-state index < -0.39 is 0 Å². The summed E-state index contributed by atoms with van der Waals surface area (Å²) in [6.07, 6.45) is 6.33. The summed E-state index contributed by atoms with van der Waals surface area (Å²) < 4.78 is 7.02. The molecule has 0 radical (unpaired) electrons. The second-order valence-corrected chi connectivity index (χ2v) is 6.45. The fourth-order valence-corrected chi connectivity index (χ4v) is 3.39. The number of methoxy groups -OCH3 is 1. The van der Waals surface area contributed by atoms with E-state index in [0.29, 0.717) is 11.6 Å². The van der Waals surface area contributed by atoms with Gasteiger partial charge in [-0.3, -0.25) is 9.48 Å². The van der Waals surface area contributed by atoms with E-state index in [1.807, 2.05) is 30.3 Å². The lowest BCUT2D eigenvalue weighted by atomic mass is 9.89. The van der Waals surface area contributed by atoms with Crippen LogP contribution in [0.3, 0.4) is 0 Å². The summed E-state index contributed by atoms with van der Waals surface area (Å²) in [6, 6.07) is 9.53. The molecule has 1 heterocycles. The van der Waals surface area contributed by atoms with Crippen molar-refractivity contribution >= 4 is 5.91 Å². The van der Waals surface area contributed by atoms with Crippen LogP contribution in [0.2, 0.25) is 0 Å². The molecule has 128 valence electrons. The number of hydrogen-bond acceptors (Lipinski definition) is 3. The SMILES string of the molecule is COc1ccccc1-c1cc(C(=O)NCC2CCCCC2)n(C)n1. The van der Waals surface area contributed by atoms with Gasteiger partial charge in [0.1, 0.15) is 11.4 Å². The Morgan fingerprint density at radius 1 is 1.29 bits per heavy atom. The maximum absolute atomic E-state index is 12.5. The van der Waals surface area contributed by atoms with Crippen LogP contribution >= 0.6 is 0 Å². The minimum Gasteiger partial charge on any atom is -0.496 e. The lowest BCUT2D eigenvalue weighted by Crippen LogP contribution is -2.31. The van der Waals surface area contributed by atoms with Crippen LogP contribution in [-0.4, -0.2) is 29.3 Å². The van der Waals surface area contributed by atoms with Gasteiger partial charge in [0.15, 0.2) is 0 Å². The molecule has 1 aliphatic carbocycles. The quantitative estimate of drug-likeness (QED) is 0.915. The van der Waals surface area contributed by atoms with Crippen molar-refractivity contribution in [2.45, 2.75) is 32.1 Å². The average Bonchev–Trinajstić information content (AvgIpc) is 3.02. The maximum atomic E-state index is 12.5. The zero-order valence-corrected chi connectivity index (χ0v) is 14.4. The minimum atomic E-state index is -0.0586. The van der Waals surface area contributed by atoms with Gasteiger partial charge in [-0.25, -0.2) is 0 Å². The van der Waals surface area contributed by atoms with Crippen molar-refractivity contribution in [3.05, 3.63) is 36.0 Å². The number of rotatable bonds is 5. The number of ether oxygens (including phenoxy) is 1. The van der Waals surface area contributed by atoms with E-state index in [9.17, 15) is 4.79 Å². The summed E-state index contributed by atoms with van der Waals surface area (Å²) >= 11 is 0. The highest BCUT2D eigenvalue weighted by atomic mass is 16.5. The van der Waals surface area contributed by atoms with Crippen LogP contribution in [-0.2, 0) is 7.05 Å². The highest BCUT2D eigenvalue weighted by Crippen LogP contribution is 2.29. The van der Waals surface area contributed by atoms with Crippen molar-refractivity contribution in [1.29, 1.82) is 0 Å². The van der Waals surface area contributed by atoms with Gasteiger partial charge in [0, 0.05) is 19.2 Å². The zero-order chi connectivity index (χ0) is 16.9. The summed E-state index contributed by atoms with van der Waals surface area (Å²) in [6.45, 7) is 0.758. The highest BCUT2D eigenvalue weighted by molar-refractivity contribution is 5.93. The number of amides is 1. The molecule has 0 aliphatic heterocycles. The first-order valence-electron chi connectivity index (χ1n) is 8.64. The molecule has 3 rings (SSSR count). The molecule has 1 saturated carbocycles. The number of aromatic nitrogens is 2. The lowest BCUT2D eigenvalue weighted by molar-refractivity contribution is 0.0934. The lowest BCUT2D eigenvalue weighted by Gasteiger charge is -2.21. The van der Waals surface area contributed by atoms with E-state index in [1.165, 1.54) is 32.1 Å². The second-order valence-electron chi connectivity index (χ2n) is 6.45. The number of aryl methyl sites for hydroxylation is 1. The first-order chi connectivity index (χ1) is 11.7. The molecule has 5 nitrogen and oxygen atoms in total. The minimum absolute atomic E-state index is 0.0586. The Morgan fingerprint density at radius 2 is 2.04 bits per heavy atom. The Balaban J connectivity index is 1.72. The molecule has 1 fully saturated rings. The summed E-state index contributed by atoms with van der Waals surface area (Å²) in [5, 5.41) is 7.55. The predicted molar refractivity (Wildman–Crippen MR) is 94.1 cm³/mol. The number of carbonyl (C=O) groups excluding carboxylic acids is 1. The van der Waals surface area contributed by atoms with Crippen LogP contribution in [0.1, 0.15) is 42.6 Å². The van der Waals surface area contributed by atoms with Gasteiger partial charge in [-0.15, -0.1) is 0 Å². The summed E-state index contributed by atoms with van der Waals surface area (Å²) in [5.74, 6) is 1.31. The van der Waals surface area contributed by atoms with Gasteiger partial charge in [-0.2, -0.15) is 5.10 Å². The smallest absolute Gasteiger partial charge is 0.269 e. The van der Waals surface area contributed by atoms with Gasteiger partial charge in [0.2, 0.25) is 0 Å². The fraction of sp³-hybridized carbons (Fsp3) is 0.474. The first-order valence-corrected chi connectivity index (χ1v) is 8.64. The fourth-order valence-electron chi connectivity index (χ4n) is 3.39. The largest absolute Gasteiger partial charge is 0.496 e. The molecule has 2 aromatic rings. The summed E-state index contributed by atoms with van der Waals surface area (Å²) in [7, 11) is 3.44. The van der Waals surface area contributed by atoms with Crippen LogP contribution < -0.4 is 10.1 Å². The molecule has 0 bridgehead atoms. The normalized spacial score (nSPS) is 15.2. The van der Waals surface area contributed by atoms with E-state index in [1.54, 1.807) is 18.8 Å². The molecule has 5 heteroatoms. The monoisotopic (exact) mass is 327 g/mol. The Kier molecular flexibility index (Phi) is 5.18. The number of para-hydroxylation sites is 1. The molecule has 0 spiro atoms. The van der Waals surface area contributed by atoms with E-state index in [0.717, 1.165) is 23.6 Å². The van der Waals surface area contributed by atoms with Crippen LogP contribution in [0.25, 0.3) is 11.3 Å². The van der Waals surface area contributed by atoms with Crippen molar-refractivity contribution in [1.82, 2.24) is 15.1 Å². The van der Waals surface area contributed by atoms with Crippen molar-refractivity contribution < 1.29 is 9.53 Å². The van der Waals surface area contributed by atoms with Crippen LogP contribution in [0.5, 0.6) is 5.75 Å². The van der Waals surface area contributed by atoms with Gasteiger partial charge < -0.3 is 10.1 Å². The number of nitrogens with one attached hydrogen (secondary N) is 1. The molecular weight excluding hydrogens is 302 g/mol. The standard InChI is InChI=1S/C19H25N3O2/c1-22-17(19(23)20-13-14-8-4-3-5-9-14)12-16(21-22)15-10-6-7-11-18(15)24-2/h6-7,10-12,14H,3-5,8-9,13H2,1-2H3,(H,20,23). The third-order valence-corrected chi connectivity index (χ3v) is 4.77. The molecule has 1 amide bonds. The molecule has 1 N–H and O–H groups in total. The van der Waals surface area contributed by atoms with Gasteiger partial charge in [0.25, 0.3) is 5.91 Å². The van der Waals surface area contributed by atoms with Gasteiger partial charge in [-0.05, 0) is 37.0 Å². The van der Waals surface area contributed by atoms with E-state index in [2.05, 4.69) is 10.4 Å². The first kappa shape index (κ1) is 16.6. The molecule has 0 unspecified atom stereocenters. The van der Waals surface area contributed by atoms with Crippen molar-refractivity contribution in [2.75, 3.05) is 13.7 Å². The highest BCUT2D eigenvalue weighted by Gasteiger charge is 2.18. The van der Waals surface area contributed by atoms with Gasteiger partial charge >= 0.3 is 0 Å². The maximum Gasteiger partial charge on any atom is 0.269 e. The second kappa shape index (κ2) is 7.51. The van der Waals surface area contributed by atoms with Crippen LogP contribution in [0, 0.1) is 5.92 Å². The molecule has 0 saturated heterocycles. The number of carbonyl (C=O) groups is 1. The molecule has 1 aromatic heterocycles. The summed E-state index contributed by atoms with van der Waals surface area (Å²) in [5.41, 5.74) is 2.21. The van der Waals surface area contributed by atoms with Gasteiger partial charge in [-0.1, -0.05) is 31.4 Å². The third-order valence-electron chi connectivity index (χ3n) is 4.77. The topological polar surface area (TPSA) is 56.1 Å². The van der Waals surface area contributed by atoms with Crippen LogP contribution in [0.15, 0.2) is 30.3 Å². The Bertz CT molecular complexity index is 702. The molecule has 0 atom stereocenters. The van der Waals surface area contributed by atoms with E-state index in [4.69, 9.17) is 4.74 Å². The molecule has 1 aromatic carbocycles. The average molecular weight is 327 g/mol. The van der Waals surface area contributed by atoms with Gasteiger partial charge in [0.05, 0.1) is 12.8 Å². The van der Waals surface area contributed by atoms with E-state index in [-0.39, 0.29) is 5.91 Å². The Labute approximate surface area is 143 Å². The molecule has 1 aliphatic rings. The molecule has 24 heavy (non-hydrogen) atoms. The predicted octanol–water partition coefficient (Wildman–Crippen LogP) is 3.41. The number of nitrogens with zero attached hydrogens (tertiary/aromatic N) is 2.